The summed E-state index contributed by atoms with van der Waals surface area (Å²) in [6, 6.07) is 11.2. The molecule has 1 amide bonds. The number of nitro benzene ring substituents is 1. The van der Waals surface area contributed by atoms with E-state index in [0.717, 1.165) is 18.1 Å². The number of carbonyl (C=O) groups is 1. The Morgan fingerprint density at radius 1 is 1.20 bits per heavy atom. The molecule has 0 spiro atoms. The SMILES string of the molecule is CCc1ccc(-c2nc(C(=O)NNS(=O)(=O)c3cc([N+](=O)[O-])ccc3C)cs2)cc1. The minimum Gasteiger partial charge on any atom is -0.272 e. The van der Waals surface area contributed by atoms with Crippen LogP contribution in [-0.4, -0.2) is 24.2 Å². The van der Waals surface area contributed by atoms with Gasteiger partial charge in [0.05, 0.1) is 9.82 Å². The molecule has 1 heterocycles. The van der Waals surface area contributed by atoms with Gasteiger partial charge in [-0.25, -0.2) is 13.4 Å². The van der Waals surface area contributed by atoms with Crippen molar-refractivity contribution in [2.75, 3.05) is 0 Å². The van der Waals surface area contributed by atoms with Gasteiger partial charge < -0.3 is 0 Å². The van der Waals surface area contributed by atoms with Crippen LogP contribution >= 0.6 is 11.3 Å². The Balaban J connectivity index is 1.73. The van der Waals surface area contributed by atoms with Crippen LogP contribution < -0.4 is 10.3 Å². The second-order valence-corrected chi connectivity index (χ2v) is 8.86. The van der Waals surface area contributed by atoms with Gasteiger partial charge in [0.25, 0.3) is 21.6 Å². The molecule has 156 valence electrons. The standard InChI is InChI=1S/C19H18N4O5S2/c1-3-13-5-7-14(8-6-13)19-20-16(11-29-19)18(24)21-22-30(27,28)17-10-15(23(25)26)9-4-12(17)2/h4-11,22H,3H2,1-2H3,(H,21,24). The minimum atomic E-state index is -4.21. The molecular formula is C19H18N4O5S2. The smallest absolute Gasteiger partial charge is 0.272 e. The summed E-state index contributed by atoms with van der Waals surface area (Å²) >= 11 is 1.26. The van der Waals surface area contributed by atoms with Crippen LogP contribution in [0.4, 0.5) is 5.69 Å². The number of sulfonamides is 1. The number of hydrogen-bond donors (Lipinski definition) is 2. The first kappa shape index (κ1) is 21.6. The predicted molar refractivity (Wildman–Crippen MR) is 113 cm³/mol. The third-order valence-corrected chi connectivity index (χ3v) is 6.60. The Bertz CT molecular complexity index is 1200. The van der Waals surface area contributed by atoms with Crippen LogP contribution in [-0.2, 0) is 16.4 Å². The third kappa shape index (κ3) is 4.70. The van der Waals surface area contributed by atoms with E-state index in [2.05, 4.69) is 17.3 Å². The normalized spacial score (nSPS) is 11.3. The van der Waals surface area contributed by atoms with Gasteiger partial charge in [-0.2, -0.15) is 0 Å². The van der Waals surface area contributed by atoms with Crippen molar-refractivity contribution >= 4 is 33.0 Å². The average Bonchev–Trinajstić information content (AvgIpc) is 3.22. The maximum Gasteiger partial charge on any atom is 0.285 e. The van der Waals surface area contributed by atoms with Crippen LogP contribution in [0, 0.1) is 17.0 Å². The second-order valence-electron chi connectivity index (χ2n) is 6.35. The summed E-state index contributed by atoms with van der Waals surface area (Å²) in [5, 5.41) is 13.1. The minimum absolute atomic E-state index is 0.0491. The molecule has 0 atom stereocenters. The number of benzene rings is 2. The Morgan fingerprint density at radius 2 is 1.90 bits per heavy atom. The van der Waals surface area contributed by atoms with Gasteiger partial charge in [0, 0.05) is 23.1 Å². The number of nitro groups is 1. The summed E-state index contributed by atoms with van der Waals surface area (Å²) < 4.78 is 25.0. The fourth-order valence-corrected chi connectivity index (χ4v) is 4.53. The van der Waals surface area contributed by atoms with Gasteiger partial charge in [-0.05, 0) is 24.5 Å². The molecule has 30 heavy (non-hydrogen) atoms. The molecule has 1 aromatic heterocycles. The lowest BCUT2D eigenvalue weighted by atomic mass is 10.1. The van der Waals surface area contributed by atoms with Crippen LogP contribution in [0.15, 0.2) is 52.7 Å². The predicted octanol–water partition coefficient (Wildman–Crippen LogP) is 3.21. The molecule has 0 unspecified atom stereocenters. The zero-order chi connectivity index (χ0) is 21.9. The summed E-state index contributed by atoms with van der Waals surface area (Å²) in [6.45, 7) is 3.55. The zero-order valence-corrected chi connectivity index (χ0v) is 17.7. The van der Waals surface area contributed by atoms with Gasteiger partial charge in [0.15, 0.2) is 0 Å². The zero-order valence-electron chi connectivity index (χ0n) is 16.1. The summed E-state index contributed by atoms with van der Waals surface area (Å²) in [5.41, 5.74) is 4.10. The highest BCUT2D eigenvalue weighted by Crippen LogP contribution is 2.24. The lowest BCUT2D eigenvalue weighted by molar-refractivity contribution is -0.385. The number of hydrogen-bond acceptors (Lipinski definition) is 7. The quantitative estimate of drug-likeness (QED) is 0.423. The van der Waals surface area contributed by atoms with Gasteiger partial charge in [-0.3, -0.25) is 20.3 Å². The molecule has 0 saturated heterocycles. The maximum absolute atomic E-state index is 12.5. The van der Waals surface area contributed by atoms with Crippen LogP contribution in [0.2, 0.25) is 0 Å². The first-order chi connectivity index (χ1) is 14.2. The molecule has 2 aromatic carbocycles. The Hall–Kier alpha value is -3.15. The van der Waals surface area contributed by atoms with Crippen LogP contribution in [0.3, 0.4) is 0 Å². The summed E-state index contributed by atoms with van der Waals surface area (Å²) in [5.74, 6) is -0.741. The van der Waals surface area contributed by atoms with Crippen molar-refractivity contribution in [3.63, 3.8) is 0 Å². The van der Waals surface area contributed by atoms with E-state index in [9.17, 15) is 23.3 Å². The number of aryl methyl sites for hydroxylation is 2. The highest BCUT2D eigenvalue weighted by Gasteiger charge is 2.22. The first-order valence-corrected chi connectivity index (χ1v) is 11.2. The number of thiazole rings is 1. The molecule has 0 fully saturated rings. The topological polar surface area (TPSA) is 131 Å². The van der Waals surface area contributed by atoms with Crippen LogP contribution in [0.5, 0.6) is 0 Å². The summed E-state index contributed by atoms with van der Waals surface area (Å²) in [7, 11) is -4.21. The van der Waals surface area contributed by atoms with E-state index in [1.54, 1.807) is 0 Å². The molecule has 3 rings (SSSR count). The van der Waals surface area contributed by atoms with Crippen LogP contribution in [0.25, 0.3) is 10.6 Å². The molecule has 9 nitrogen and oxygen atoms in total. The number of non-ortho nitro benzene ring substituents is 1. The molecule has 11 heteroatoms. The molecule has 0 aliphatic heterocycles. The highest BCUT2D eigenvalue weighted by atomic mass is 32.2. The van der Waals surface area contributed by atoms with Crippen molar-refractivity contribution < 1.29 is 18.1 Å². The average molecular weight is 447 g/mol. The van der Waals surface area contributed by atoms with Crippen molar-refractivity contribution in [2.24, 2.45) is 0 Å². The largest absolute Gasteiger partial charge is 0.285 e. The molecule has 0 saturated carbocycles. The highest BCUT2D eigenvalue weighted by molar-refractivity contribution is 7.89. The molecule has 0 bridgehead atoms. The number of amides is 1. The molecule has 0 aliphatic rings. The van der Waals surface area contributed by atoms with E-state index in [1.807, 2.05) is 29.1 Å². The van der Waals surface area contributed by atoms with E-state index in [1.165, 1.54) is 41.3 Å². The van der Waals surface area contributed by atoms with Crippen molar-refractivity contribution in [3.05, 3.63) is 74.8 Å². The van der Waals surface area contributed by atoms with E-state index in [0.29, 0.717) is 10.6 Å². The van der Waals surface area contributed by atoms with E-state index < -0.39 is 20.9 Å². The Kier molecular flexibility index (Phi) is 6.25. The van der Waals surface area contributed by atoms with E-state index >= 15 is 0 Å². The van der Waals surface area contributed by atoms with E-state index in [-0.39, 0.29) is 16.3 Å². The van der Waals surface area contributed by atoms with Crippen LogP contribution in [0.1, 0.15) is 28.5 Å². The number of carbonyl (C=O) groups excluding carboxylic acids is 1. The number of nitrogens with zero attached hydrogens (tertiary/aromatic N) is 2. The maximum atomic E-state index is 12.5. The molecule has 2 N–H and O–H groups in total. The molecule has 0 radical (unpaired) electrons. The lowest BCUT2D eigenvalue weighted by Gasteiger charge is -2.09. The third-order valence-electron chi connectivity index (χ3n) is 4.32. The summed E-state index contributed by atoms with van der Waals surface area (Å²) in [4.78, 5) is 28.4. The fraction of sp³-hybridized carbons (Fsp3) is 0.158. The van der Waals surface area contributed by atoms with Gasteiger partial charge in [-0.1, -0.05) is 37.3 Å². The van der Waals surface area contributed by atoms with Crippen molar-refractivity contribution in [1.82, 2.24) is 15.2 Å². The van der Waals surface area contributed by atoms with Gasteiger partial charge in [-0.15, -0.1) is 16.2 Å². The molecule has 3 aromatic rings. The molecular weight excluding hydrogens is 428 g/mol. The summed E-state index contributed by atoms with van der Waals surface area (Å²) in [6.07, 6.45) is 0.913. The monoisotopic (exact) mass is 446 g/mol. The van der Waals surface area contributed by atoms with Gasteiger partial charge in [0.2, 0.25) is 0 Å². The van der Waals surface area contributed by atoms with Crippen molar-refractivity contribution in [2.45, 2.75) is 25.2 Å². The molecule has 0 aliphatic carbocycles. The Morgan fingerprint density at radius 3 is 2.53 bits per heavy atom. The second kappa shape index (κ2) is 8.69. The van der Waals surface area contributed by atoms with Gasteiger partial charge in [0.1, 0.15) is 10.7 Å². The van der Waals surface area contributed by atoms with E-state index in [4.69, 9.17) is 0 Å². The number of hydrazine groups is 1. The van der Waals surface area contributed by atoms with Crippen molar-refractivity contribution in [1.29, 1.82) is 0 Å². The fourth-order valence-electron chi connectivity index (χ4n) is 2.62. The lowest BCUT2D eigenvalue weighted by Crippen LogP contribution is -2.41. The number of aromatic nitrogens is 1. The first-order valence-electron chi connectivity index (χ1n) is 8.83. The van der Waals surface area contributed by atoms with Crippen molar-refractivity contribution in [3.8, 4) is 10.6 Å². The Labute approximate surface area is 177 Å². The number of rotatable bonds is 7. The van der Waals surface area contributed by atoms with Gasteiger partial charge >= 0.3 is 0 Å². The number of nitrogens with one attached hydrogen (secondary N) is 2.